The molecule has 0 bridgehead atoms. The van der Waals surface area contributed by atoms with E-state index in [4.69, 9.17) is 14.7 Å². The number of methoxy groups -OCH3 is 1. The minimum Gasteiger partial charge on any atom is -0.493 e. The van der Waals surface area contributed by atoms with Crippen molar-refractivity contribution >= 4 is 0 Å². The molecule has 0 aliphatic carbocycles. The summed E-state index contributed by atoms with van der Waals surface area (Å²) >= 11 is 0. The SMILES string of the molecule is COc1ccc(CN2CC(C#N)C2)cc1OCC(O)CN1CCCC1. The number of aliphatic hydroxyl groups is 1. The second-order valence-electron chi connectivity index (χ2n) is 6.98. The lowest BCUT2D eigenvalue weighted by Crippen LogP contribution is -2.45. The zero-order valence-electron chi connectivity index (χ0n) is 14.9. The largest absolute Gasteiger partial charge is 0.493 e. The molecule has 0 saturated carbocycles. The zero-order valence-corrected chi connectivity index (χ0v) is 14.9. The Hall–Kier alpha value is -1.81. The first-order valence-corrected chi connectivity index (χ1v) is 9.00. The molecule has 1 atom stereocenters. The fraction of sp³-hybridized carbons (Fsp3) is 0.632. The maximum Gasteiger partial charge on any atom is 0.161 e. The molecule has 2 fully saturated rings. The summed E-state index contributed by atoms with van der Waals surface area (Å²) in [6.45, 7) is 5.50. The molecular formula is C19H27N3O3. The van der Waals surface area contributed by atoms with Crippen LogP contribution in [-0.4, -0.2) is 67.5 Å². The summed E-state index contributed by atoms with van der Waals surface area (Å²) in [7, 11) is 1.62. The summed E-state index contributed by atoms with van der Waals surface area (Å²) in [5, 5.41) is 19.1. The Morgan fingerprint density at radius 1 is 1.24 bits per heavy atom. The van der Waals surface area contributed by atoms with Gasteiger partial charge in [0.2, 0.25) is 0 Å². The topological polar surface area (TPSA) is 69.0 Å². The summed E-state index contributed by atoms with van der Waals surface area (Å²) in [4.78, 5) is 4.51. The third kappa shape index (κ3) is 4.85. The van der Waals surface area contributed by atoms with Gasteiger partial charge in [0.1, 0.15) is 12.7 Å². The summed E-state index contributed by atoms with van der Waals surface area (Å²) in [5.74, 6) is 1.50. The van der Waals surface area contributed by atoms with Crippen LogP contribution in [0.3, 0.4) is 0 Å². The summed E-state index contributed by atoms with van der Waals surface area (Å²) in [6.07, 6.45) is 1.93. The van der Waals surface area contributed by atoms with Gasteiger partial charge in [-0.05, 0) is 43.6 Å². The van der Waals surface area contributed by atoms with Crippen LogP contribution in [0.5, 0.6) is 11.5 Å². The summed E-state index contributed by atoms with van der Waals surface area (Å²) in [5.41, 5.74) is 1.13. The number of aliphatic hydroxyl groups excluding tert-OH is 1. The smallest absolute Gasteiger partial charge is 0.161 e. The van der Waals surface area contributed by atoms with E-state index in [0.29, 0.717) is 18.0 Å². The lowest BCUT2D eigenvalue weighted by atomic mass is 10.0. The number of rotatable bonds is 8. The first kappa shape index (κ1) is 18.0. The predicted octanol–water partition coefficient (Wildman–Crippen LogP) is 1.49. The fourth-order valence-electron chi connectivity index (χ4n) is 3.47. The van der Waals surface area contributed by atoms with Crippen molar-refractivity contribution in [1.29, 1.82) is 5.26 Å². The van der Waals surface area contributed by atoms with E-state index in [-0.39, 0.29) is 12.5 Å². The number of hydrogen-bond donors (Lipinski definition) is 1. The molecule has 1 unspecified atom stereocenters. The van der Waals surface area contributed by atoms with Gasteiger partial charge in [0.25, 0.3) is 0 Å². The highest BCUT2D eigenvalue weighted by Crippen LogP contribution is 2.29. The van der Waals surface area contributed by atoms with Crippen LogP contribution in [0.15, 0.2) is 18.2 Å². The molecule has 25 heavy (non-hydrogen) atoms. The monoisotopic (exact) mass is 345 g/mol. The highest BCUT2D eigenvalue weighted by atomic mass is 16.5. The van der Waals surface area contributed by atoms with Crippen molar-refractivity contribution in [3.8, 4) is 17.6 Å². The molecule has 1 aromatic rings. The Kier molecular flexibility index (Phi) is 6.14. The quantitative estimate of drug-likeness (QED) is 0.770. The molecule has 136 valence electrons. The second-order valence-corrected chi connectivity index (χ2v) is 6.98. The minimum atomic E-state index is -0.502. The summed E-state index contributed by atoms with van der Waals surface area (Å²) < 4.78 is 11.2. The molecule has 0 radical (unpaired) electrons. The number of benzene rings is 1. The summed E-state index contributed by atoms with van der Waals surface area (Å²) in [6, 6.07) is 8.19. The standard InChI is InChI=1S/C19H27N3O3/c1-24-18-5-4-15(10-22-11-16(9-20)12-22)8-19(18)25-14-17(23)13-21-6-2-3-7-21/h4-5,8,16-17,23H,2-3,6-7,10-14H2,1H3. The number of hydrogen-bond acceptors (Lipinski definition) is 6. The fourth-order valence-corrected chi connectivity index (χ4v) is 3.47. The van der Waals surface area contributed by atoms with E-state index in [1.54, 1.807) is 7.11 Å². The molecule has 2 saturated heterocycles. The first-order chi connectivity index (χ1) is 12.2. The van der Waals surface area contributed by atoms with Crippen LogP contribution in [0.4, 0.5) is 0 Å². The minimum absolute atomic E-state index is 0.162. The Labute approximate surface area is 149 Å². The van der Waals surface area contributed by atoms with Crippen LogP contribution in [0.1, 0.15) is 18.4 Å². The van der Waals surface area contributed by atoms with Gasteiger partial charge in [0.05, 0.1) is 19.1 Å². The third-order valence-electron chi connectivity index (χ3n) is 4.87. The molecule has 1 N–H and O–H groups in total. The van der Waals surface area contributed by atoms with Gasteiger partial charge in [0, 0.05) is 26.2 Å². The van der Waals surface area contributed by atoms with Crippen molar-refractivity contribution in [3.63, 3.8) is 0 Å². The second kappa shape index (κ2) is 8.52. The maximum atomic E-state index is 10.2. The van der Waals surface area contributed by atoms with Gasteiger partial charge < -0.3 is 19.5 Å². The van der Waals surface area contributed by atoms with Crippen LogP contribution in [0.25, 0.3) is 0 Å². The lowest BCUT2D eigenvalue weighted by Gasteiger charge is -2.35. The van der Waals surface area contributed by atoms with E-state index in [1.807, 2.05) is 18.2 Å². The van der Waals surface area contributed by atoms with Crippen LogP contribution in [0, 0.1) is 17.2 Å². The number of nitrogens with zero attached hydrogens (tertiary/aromatic N) is 3. The van der Waals surface area contributed by atoms with Gasteiger partial charge in [-0.15, -0.1) is 0 Å². The molecule has 0 amide bonds. The zero-order chi connectivity index (χ0) is 17.6. The van der Waals surface area contributed by atoms with Crippen LogP contribution < -0.4 is 9.47 Å². The highest BCUT2D eigenvalue weighted by Gasteiger charge is 2.26. The third-order valence-corrected chi connectivity index (χ3v) is 4.87. The number of β-amino-alcohol motifs (C(OH)–C–C–N with tert-alkyl or cyclic N) is 1. The van der Waals surface area contributed by atoms with Crippen LogP contribution >= 0.6 is 0 Å². The average molecular weight is 345 g/mol. The normalized spacial score (nSPS) is 20.0. The van der Waals surface area contributed by atoms with Crippen molar-refractivity contribution in [1.82, 2.24) is 9.80 Å². The van der Waals surface area contributed by atoms with Gasteiger partial charge in [-0.2, -0.15) is 5.26 Å². The Morgan fingerprint density at radius 2 is 2.00 bits per heavy atom. The van der Waals surface area contributed by atoms with Crippen molar-refractivity contribution in [2.75, 3.05) is 46.4 Å². The highest BCUT2D eigenvalue weighted by molar-refractivity contribution is 5.43. The van der Waals surface area contributed by atoms with E-state index < -0.39 is 6.10 Å². The molecule has 1 aromatic carbocycles. The molecule has 2 aliphatic rings. The Balaban J connectivity index is 1.53. The molecule has 6 heteroatoms. The van der Waals surface area contributed by atoms with E-state index in [1.165, 1.54) is 12.8 Å². The first-order valence-electron chi connectivity index (χ1n) is 9.00. The lowest BCUT2D eigenvalue weighted by molar-refractivity contribution is 0.0745. The van der Waals surface area contributed by atoms with Crippen molar-refractivity contribution in [3.05, 3.63) is 23.8 Å². The number of ether oxygens (including phenoxy) is 2. The van der Waals surface area contributed by atoms with Gasteiger partial charge in [-0.1, -0.05) is 6.07 Å². The van der Waals surface area contributed by atoms with Gasteiger partial charge in [-0.3, -0.25) is 4.90 Å². The van der Waals surface area contributed by atoms with E-state index in [9.17, 15) is 5.11 Å². The van der Waals surface area contributed by atoms with Gasteiger partial charge in [-0.25, -0.2) is 0 Å². The number of likely N-dealkylation sites (tertiary alicyclic amines) is 2. The molecule has 6 nitrogen and oxygen atoms in total. The Bertz CT molecular complexity index is 604. The van der Waals surface area contributed by atoms with Crippen molar-refractivity contribution in [2.45, 2.75) is 25.5 Å². The molecule has 2 aliphatic heterocycles. The average Bonchev–Trinajstić information content (AvgIpc) is 3.08. The van der Waals surface area contributed by atoms with Crippen LogP contribution in [-0.2, 0) is 6.54 Å². The van der Waals surface area contributed by atoms with Gasteiger partial charge >= 0.3 is 0 Å². The van der Waals surface area contributed by atoms with Crippen molar-refractivity contribution < 1.29 is 14.6 Å². The number of nitriles is 1. The maximum absolute atomic E-state index is 10.2. The van der Waals surface area contributed by atoms with E-state index >= 15 is 0 Å². The molecule has 0 spiro atoms. The molecule has 3 rings (SSSR count). The molecule has 2 heterocycles. The van der Waals surface area contributed by atoms with Gasteiger partial charge in [0.15, 0.2) is 11.5 Å². The Morgan fingerprint density at radius 3 is 2.68 bits per heavy atom. The van der Waals surface area contributed by atoms with E-state index in [2.05, 4.69) is 15.9 Å². The van der Waals surface area contributed by atoms with Crippen molar-refractivity contribution in [2.24, 2.45) is 5.92 Å². The predicted molar refractivity (Wildman–Crippen MR) is 94.5 cm³/mol. The van der Waals surface area contributed by atoms with E-state index in [0.717, 1.165) is 38.3 Å². The molecular weight excluding hydrogens is 318 g/mol. The van der Waals surface area contributed by atoms with Crippen LogP contribution in [0.2, 0.25) is 0 Å². The molecule has 0 aromatic heterocycles.